The summed E-state index contributed by atoms with van der Waals surface area (Å²) in [4.78, 5) is 13.1. The van der Waals surface area contributed by atoms with E-state index >= 15 is 0 Å². The lowest BCUT2D eigenvalue weighted by molar-refractivity contribution is 0.401. The van der Waals surface area contributed by atoms with Gasteiger partial charge in [-0.25, -0.2) is 0 Å². The zero-order valence-electron chi connectivity index (χ0n) is 16.2. The molecule has 1 aromatic heterocycles. The molecule has 0 bridgehead atoms. The molecule has 3 aromatic rings. The number of ether oxygens (including phenoxy) is 2. The number of hydrogen-bond acceptors (Lipinski definition) is 6. The highest BCUT2D eigenvalue weighted by Gasteiger charge is 2.20. The zero-order valence-corrected chi connectivity index (χ0v) is 16.2. The van der Waals surface area contributed by atoms with Crippen molar-refractivity contribution < 1.29 is 24.1 Å². The predicted octanol–water partition coefficient (Wildman–Crippen LogP) is 4.40. The molecule has 0 fully saturated rings. The van der Waals surface area contributed by atoms with Gasteiger partial charge in [-0.15, -0.1) is 0 Å². The number of rotatable bonds is 5. The van der Waals surface area contributed by atoms with Gasteiger partial charge in [0.2, 0.25) is 5.43 Å². The summed E-state index contributed by atoms with van der Waals surface area (Å²) in [6.07, 6.45) is 3.61. The summed E-state index contributed by atoms with van der Waals surface area (Å²) in [5, 5.41) is 21.1. The van der Waals surface area contributed by atoms with Gasteiger partial charge in [0.25, 0.3) is 0 Å². The maximum atomic E-state index is 13.1. The van der Waals surface area contributed by atoms with Gasteiger partial charge in [-0.05, 0) is 32.4 Å². The molecule has 2 N–H and O–H groups in total. The molecular formula is C22H22O6. The summed E-state index contributed by atoms with van der Waals surface area (Å²) in [6, 6.07) is 6.19. The van der Waals surface area contributed by atoms with Crippen LogP contribution in [0.1, 0.15) is 19.4 Å². The van der Waals surface area contributed by atoms with E-state index in [0.29, 0.717) is 23.5 Å². The van der Waals surface area contributed by atoms with Crippen molar-refractivity contribution in [2.45, 2.75) is 20.3 Å². The van der Waals surface area contributed by atoms with Crippen LogP contribution < -0.4 is 14.9 Å². The van der Waals surface area contributed by atoms with Gasteiger partial charge < -0.3 is 24.1 Å². The molecule has 0 unspecified atom stereocenters. The van der Waals surface area contributed by atoms with E-state index < -0.39 is 5.43 Å². The number of benzene rings is 2. The maximum Gasteiger partial charge on any atom is 0.204 e. The molecule has 0 spiro atoms. The van der Waals surface area contributed by atoms with Crippen LogP contribution in [0.15, 0.2) is 51.4 Å². The van der Waals surface area contributed by atoms with Gasteiger partial charge in [-0.2, -0.15) is 0 Å². The number of fused-ring (bicyclic) bond motifs is 1. The molecule has 0 aliphatic carbocycles. The highest BCUT2D eigenvalue weighted by molar-refractivity contribution is 5.90. The van der Waals surface area contributed by atoms with Crippen molar-refractivity contribution >= 4 is 11.0 Å². The molecule has 0 radical (unpaired) electrons. The molecule has 0 saturated heterocycles. The fourth-order valence-corrected chi connectivity index (χ4v) is 3.02. The fraction of sp³-hybridized carbons (Fsp3) is 0.227. The molecule has 0 saturated carbocycles. The van der Waals surface area contributed by atoms with Crippen molar-refractivity contribution in [1.82, 2.24) is 0 Å². The summed E-state index contributed by atoms with van der Waals surface area (Å²) in [6.45, 7) is 3.90. The van der Waals surface area contributed by atoms with Crippen molar-refractivity contribution in [3.63, 3.8) is 0 Å². The van der Waals surface area contributed by atoms with Crippen molar-refractivity contribution in [2.75, 3.05) is 14.2 Å². The lowest BCUT2D eigenvalue weighted by atomic mass is 10.0. The number of phenols is 2. The highest BCUT2D eigenvalue weighted by atomic mass is 16.5. The Balaban J connectivity index is 2.27. The molecule has 6 nitrogen and oxygen atoms in total. The fourth-order valence-electron chi connectivity index (χ4n) is 3.02. The summed E-state index contributed by atoms with van der Waals surface area (Å²) >= 11 is 0. The third-order valence-corrected chi connectivity index (χ3v) is 4.53. The molecule has 2 aromatic carbocycles. The number of phenolic OH excluding ortho intramolecular Hbond substituents is 2. The minimum absolute atomic E-state index is 0.0469. The van der Waals surface area contributed by atoms with Crippen molar-refractivity contribution in [1.29, 1.82) is 0 Å². The second-order valence-electron chi connectivity index (χ2n) is 6.63. The maximum absolute atomic E-state index is 13.1. The van der Waals surface area contributed by atoms with Crippen LogP contribution in [0.25, 0.3) is 22.1 Å². The first kappa shape index (κ1) is 19.4. The third-order valence-electron chi connectivity index (χ3n) is 4.53. The van der Waals surface area contributed by atoms with Crippen LogP contribution in [0.5, 0.6) is 23.0 Å². The zero-order chi connectivity index (χ0) is 20.4. The van der Waals surface area contributed by atoms with Crippen LogP contribution in [0, 0.1) is 0 Å². The topological polar surface area (TPSA) is 89.1 Å². The molecule has 28 heavy (non-hydrogen) atoms. The van der Waals surface area contributed by atoms with Crippen LogP contribution in [-0.2, 0) is 6.42 Å². The van der Waals surface area contributed by atoms with Crippen LogP contribution in [-0.4, -0.2) is 24.4 Å². The second kappa shape index (κ2) is 7.68. The highest BCUT2D eigenvalue weighted by Crippen LogP contribution is 2.38. The van der Waals surface area contributed by atoms with Gasteiger partial charge in [0, 0.05) is 23.3 Å². The summed E-state index contributed by atoms with van der Waals surface area (Å²) in [5.74, 6) is 0.591. The van der Waals surface area contributed by atoms with E-state index in [1.807, 2.05) is 19.9 Å². The third kappa shape index (κ3) is 3.41. The van der Waals surface area contributed by atoms with Crippen LogP contribution in [0.4, 0.5) is 0 Å². The van der Waals surface area contributed by atoms with E-state index in [4.69, 9.17) is 13.9 Å². The lowest BCUT2D eigenvalue weighted by Gasteiger charge is -2.13. The average Bonchev–Trinajstić information content (AvgIpc) is 2.67. The van der Waals surface area contributed by atoms with Gasteiger partial charge in [0.05, 0.1) is 19.8 Å². The quantitative estimate of drug-likeness (QED) is 0.636. The summed E-state index contributed by atoms with van der Waals surface area (Å²) in [7, 11) is 2.98. The molecule has 146 valence electrons. The van der Waals surface area contributed by atoms with E-state index in [1.54, 1.807) is 18.2 Å². The molecule has 0 aliphatic heterocycles. The van der Waals surface area contributed by atoms with Gasteiger partial charge >= 0.3 is 0 Å². The molecule has 0 amide bonds. The Hall–Kier alpha value is -3.41. The lowest BCUT2D eigenvalue weighted by Crippen LogP contribution is -2.07. The van der Waals surface area contributed by atoms with Crippen LogP contribution in [0.3, 0.4) is 0 Å². The van der Waals surface area contributed by atoms with E-state index in [-0.39, 0.29) is 33.6 Å². The Morgan fingerprint density at radius 2 is 1.86 bits per heavy atom. The minimum Gasteiger partial charge on any atom is -0.507 e. The largest absolute Gasteiger partial charge is 0.507 e. The van der Waals surface area contributed by atoms with Crippen molar-refractivity contribution in [3.8, 4) is 34.1 Å². The Kier molecular flexibility index (Phi) is 5.31. The molecule has 0 atom stereocenters. The van der Waals surface area contributed by atoms with Crippen LogP contribution >= 0.6 is 0 Å². The van der Waals surface area contributed by atoms with Gasteiger partial charge in [0.15, 0.2) is 0 Å². The Morgan fingerprint density at radius 3 is 2.46 bits per heavy atom. The summed E-state index contributed by atoms with van der Waals surface area (Å²) in [5.41, 5.74) is 1.77. The van der Waals surface area contributed by atoms with Gasteiger partial charge in [-0.1, -0.05) is 11.6 Å². The summed E-state index contributed by atoms with van der Waals surface area (Å²) < 4.78 is 16.0. The molecule has 3 rings (SSSR count). The van der Waals surface area contributed by atoms with Crippen molar-refractivity contribution in [2.24, 2.45) is 0 Å². The van der Waals surface area contributed by atoms with E-state index in [9.17, 15) is 15.0 Å². The van der Waals surface area contributed by atoms with Gasteiger partial charge in [-0.3, -0.25) is 4.79 Å². The normalized spacial score (nSPS) is 10.7. The Labute approximate surface area is 162 Å². The van der Waals surface area contributed by atoms with E-state index in [2.05, 4.69) is 0 Å². The van der Waals surface area contributed by atoms with Crippen molar-refractivity contribution in [3.05, 3.63) is 58.0 Å². The minimum atomic E-state index is -0.444. The first-order valence-electron chi connectivity index (χ1n) is 8.72. The first-order valence-corrected chi connectivity index (χ1v) is 8.72. The SMILES string of the molecule is COc1ccc(-c2coc3cc(OC)c(CC=C(C)C)c(O)c3c2=O)c(O)c1. The number of aromatic hydroxyl groups is 2. The molecule has 6 heteroatoms. The van der Waals surface area contributed by atoms with E-state index in [1.165, 1.54) is 26.5 Å². The second-order valence-corrected chi connectivity index (χ2v) is 6.63. The Bertz CT molecular complexity index is 1120. The molecule has 1 heterocycles. The average molecular weight is 382 g/mol. The van der Waals surface area contributed by atoms with Gasteiger partial charge in [0.1, 0.15) is 40.2 Å². The Morgan fingerprint density at radius 1 is 1.11 bits per heavy atom. The number of hydrogen-bond donors (Lipinski definition) is 2. The number of methoxy groups -OCH3 is 2. The predicted molar refractivity (Wildman–Crippen MR) is 107 cm³/mol. The molecular weight excluding hydrogens is 360 g/mol. The number of allylic oxidation sites excluding steroid dienone is 2. The monoisotopic (exact) mass is 382 g/mol. The smallest absolute Gasteiger partial charge is 0.204 e. The standard InChI is InChI=1S/C22H22O6/c1-12(2)5-7-15-18(27-4)10-19-20(21(15)24)22(25)16(11-28-19)14-8-6-13(26-3)9-17(14)23/h5-6,8-11,23-24H,7H2,1-4H3. The van der Waals surface area contributed by atoms with Crippen LogP contribution in [0.2, 0.25) is 0 Å². The molecule has 0 aliphatic rings. The van der Waals surface area contributed by atoms with E-state index in [0.717, 1.165) is 5.57 Å². The first-order chi connectivity index (χ1) is 13.4.